The molecule has 90 valence electrons. The maximum Gasteiger partial charge on any atom is 0.328 e. The van der Waals surface area contributed by atoms with Crippen molar-refractivity contribution in [3.05, 3.63) is 35.4 Å². The monoisotopic (exact) mass is 235 g/mol. The van der Waals surface area contributed by atoms with E-state index in [1.165, 1.54) is 6.08 Å². The molecule has 0 heterocycles. The zero-order chi connectivity index (χ0) is 12.8. The van der Waals surface area contributed by atoms with Crippen LogP contribution < -0.4 is 10.5 Å². The molecule has 0 bridgehead atoms. The molecule has 1 aromatic carbocycles. The molecule has 0 fully saturated rings. The Morgan fingerprint density at radius 1 is 1.47 bits per heavy atom. The number of hydrogen-bond donors (Lipinski definition) is 2. The molecule has 3 N–H and O–H groups in total. The SMILES string of the molecule is Cc1ccc(OCC(N)=O)c(C=CC(=O)O)c1. The Labute approximate surface area is 98.5 Å². The first-order valence-electron chi connectivity index (χ1n) is 4.92. The summed E-state index contributed by atoms with van der Waals surface area (Å²) in [6.07, 6.45) is 2.41. The molecule has 0 spiro atoms. The van der Waals surface area contributed by atoms with E-state index in [4.69, 9.17) is 15.6 Å². The van der Waals surface area contributed by atoms with Crippen LogP contribution in [0.3, 0.4) is 0 Å². The molecular weight excluding hydrogens is 222 g/mol. The summed E-state index contributed by atoms with van der Waals surface area (Å²) in [5.41, 5.74) is 6.52. The van der Waals surface area contributed by atoms with Crippen LogP contribution in [0, 0.1) is 6.92 Å². The van der Waals surface area contributed by atoms with Crippen molar-refractivity contribution in [1.29, 1.82) is 0 Å². The Balaban J connectivity index is 2.95. The summed E-state index contributed by atoms with van der Waals surface area (Å²) in [5.74, 6) is -1.21. The molecule has 5 heteroatoms. The summed E-state index contributed by atoms with van der Waals surface area (Å²) in [5, 5.41) is 8.55. The second kappa shape index (κ2) is 5.69. The van der Waals surface area contributed by atoms with Gasteiger partial charge in [0.2, 0.25) is 0 Å². The van der Waals surface area contributed by atoms with Crippen LogP contribution in [0.15, 0.2) is 24.3 Å². The Hall–Kier alpha value is -2.30. The fourth-order valence-corrected chi connectivity index (χ4v) is 1.24. The lowest BCUT2D eigenvalue weighted by Crippen LogP contribution is -2.20. The van der Waals surface area contributed by atoms with Gasteiger partial charge in [0.05, 0.1) is 0 Å². The first-order valence-corrected chi connectivity index (χ1v) is 4.92. The molecule has 0 saturated carbocycles. The van der Waals surface area contributed by atoms with Gasteiger partial charge in [0.25, 0.3) is 5.91 Å². The predicted molar refractivity (Wildman–Crippen MR) is 62.5 cm³/mol. The van der Waals surface area contributed by atoms with Crippen molar-refractivity contribution >= 4 is 18.0 Å². The maximum atomic E-state index is 10.6. The number of carboxylic acids is 1. The van der Waals surface area contributed by atoms with Crippen LogP contribution in [0.1, 0.15) is 11.1 Å². The lowest BCUT2D eigenvalue weighted by molar-refractivity contribution is -0.131. The van der Waals surface area contributed by atoms with E-state index in [-0.39, 0.29) is 6.61 Å². The van der Waals surface area contributed by atoms with Gasteiger partial charge < -0.3 is 15.6 Å². The van der Waals surface area contributed by atoms with E-state index in [2.05, 4.69) is 0 Å². The third-order valence-corrected chi connectivity index (χ3v) is 1.94. The molecule has 1 aromatic rings. The second-order valence-corrected chi connectivity index (χ2v) is 3.47. The Morgan fingerprint density at radius 3 is 2.76 bits per heavy atom. The summed E-state index contributed by atoms with van der Waals surface area (Å²) in [4.78, 5) is 21.0. The fraction of sp³-hybridized carbons (Fsp3) is 0.167. The van der Waals surface area contributed by atoms with Crippen molar-refractivity contribution in [2.45, 2.75) is 6.92 Å². The van der Waals surface area contributed by atoms with Crippen LogP contribution in [0.25, 0.3) is 6.08 Å². The minimum absolute atomic E-state index is 0.239. The van der Waals surface area contributed by atoms with Gasteiger partial charge in [-0.25, -0.2) is 4.79 Å². The molecule has 0 atom stereocenters. The molecule has 0 aromatic heterocycles. The lowest BCUT2D eigenvalue weighted by atomic mass is 10.1. The van der Waals surface area contributed by atoms with Crippen molar-refractivity contribution in [2.24, 2.45) is 5.73 Å². The zero-order valence-electron chi connectivity index (χ0n) is 9.34. The molecule has 0 saturated heterocycles. The smallest absolute Gasteiger partial charge is 0.328 e. The number of nitrogens with two attached hydrogens (primary N) is 1. The second-order valence-electron chi connectivity index (χ2n) is 3.47. The van der Waals surface area contributed by atoms with Gasteiger partial charge >= 0.3 is 5.97 Å². The van der Waals surface area contributed by atoms with Gasteiger partial charge in [-0.05, 0) is 25.1 Å². The van der Waals surface area contributed by atoms with Gasteiger partial charge in [-0.3, -0.25) is 4.79 Å². The molecule has 1 rings (SSSR count). The highest BCUT2D eigenvalue weighted by Gasteiger charge is 2.03. The van der Waals surface area contributed by atoms with Crippen molar-refractivity contribution in [2.75, 3.05) is 6.61 Å². The van der Waals surface area contributed by atoms with E-state index in [0.29, 0.717) is 11.3 Å². The highest BCUT2D eigenvalue weighted by Crippen LogP contribution is 2.21. The first-order chi connectivity index (χ1) is 7.99. The van der Waals surface area contributed by atoms with E-state index in [1.807, 2.05) is 6.92 Å². The van der Waals surface area contributed by atoms with Gasteiger partial charge in [0.1, 0.15) is 5.75 Å². The van der Waals surface area contributed by atoms with Gasteiger partial charge in [0.15, 0.2) is 6.61 Å². The number of rotatable bonds is 5. The highest BCUT2D eigenvalue weighted by atomic mass is 16.5. The molecule has 0 unspecified atom stereocenters. The van der Waals surface area contributed by atoms with Crippen molar-refractivity contribution < 1.29 is 19.4 Å². The molecule has 0 aliphatic heterocycles. The minimum atomic E-state index is -1.05. The summed E-state index contributed by atoms with van der Waals surface area (Å²) in [6.45, 7) is 1.63. The number of hydrogen-bond acceptors (Lipinski definition) is 3. The highest BCUT2D eigenvalue weighted by molar-refractivity contribution is 5.86. The van der Waals surface area contributed by atoms with Crippen molar-refractivity contribution in [3.63, 3.8) is 0 Å². The minimum Gasteiger partial charge on any atom is -0.483 e. The summed E-state index contributed by atoms with van der Waals surface area (Å²) < 4.78 is 5.17. The molecule has 5 nitrogen and oxygen atoms in total. The third-order valence-electron chi connectivity index (χ3n) is 1.94. The summed E-state index contributed by atoms with van der Waals surface area (Å²) in [6, 6.07) is 5.23. The van der Waals surface area contributed by atoms with Crippen LogP contribution in [-0.2, 0) is 9.59 Å². The van der Waals surface area contributed by atoms with Crippen LogP contribution >= 0.6 is 0 Å². The topological polar surface area (TPSA) is 89.6 Å². The Bertz CT molecular complexity index is 466. The van der Waals surface area contributed by atoms with Crippen LogP contribution in [0.5, 0.6) is 5.75 Å². The largest absolute Gasteiger partial charge is 0.483 e. The Morgan fingerprint density at radius 2 is 2.18 bits per heavy atom. The number of aliphatic carboxylic acids is 1. The maximum absolute atomic E-state index is 10.6. The molecule has 17 heavy (non-hydrogen) atoms. The van der Waals surface area contributed by atoms with Crippen molar-refractivity contribution in [3.8, 4) is 5.75 Å². The molecule has 0 aliphatic rings. The lowest BCUT2D eigenvalue weighted by Gasteiger charge is -2.08. The molecular formula is C12H13NO4. The van der Waals surface area contributed by atoms with Crippen LogP contribution in [0.4, 0.5) is 0 Å². The fourth-order valence-electron chi connectivity index (χ4n) is 1.24. The van der Waals surface area contributed by atoms with Gasteiger partial charge in [-0.2, -0.15) is 0 Å². The number of aryl methyl sites for hydroxylation is 1. The Kier molecular flexibility index (Phi) is 4.28. The molecule has 1 amide bonds. The number of benzene rings is 1. The zero-order valence-corrected chi connectivity index (χ0v) is 9.34. The quantitative estimate of drug-likeness (QED) is 0.744. The van der Waals surface area contributed by atoms with Gasteiger partial charge in [-0.1, -0.05) is 11.6 Å². The van der Waals surface area contributed by atoms with E-state index in [9.17, 15) is 9.59 Å². The number of carboxylic acid groups (broad SMARTS) is 1. The van der Waals surface area contributed by atoms with Crippen LogP contribution in [0.2, 0.25) is 0 Å². The molecule has 0 aliphatic carbocycles. The van der Waals surface area contributed by atoms with E-state index < -0.39 is 11.9 Å². The third kappa shape index (κ3) is 4.38. The van der Waals surface area contributed by atoms with E-state index in [1.54, 1.807) is 18.2 Å². The average molecular weight is 235 g/mol. The van der Waals surface area contributed by atoms with Crippen molar-refractivity contribution in [1.82, 2.24) is 0 Å². The normalized spacial score (nSPS) is 10.4. The van der Waals surface area contributed by atoms with E-state index >= 15 is 0 Å². The van der Waals surface area contributed by atoms with Gasteiger partial charge in [-0.15, -0.1) is 0 Å². The number of carbonyl (C=O) groups excluding carboxylic acids is 1. The van der Waals surface area contributed by atoms with Crippen LogP contribution in [-0.4, -0.2) is 23.6 Å². The summed E-state index contributed by atoms with van der Waals surface area (Å²) in [7, 11) is 0. The number of amides is 1. The first kappa shape index (κ1) is 12.8. The summed E-state index contributed by atoms with van der Waals surface area (Å²) >= 11 is 0. The molecule has 0 radical (unpaired) electrons. The average Bonchev–Trinajstić information content (AvgIpc) is 2.24. The number of carbonyl (C=O) groups is 2. The number of primary amides is 1. The van der Waals surface area contributed by atoms with Gasteiger partial charge in [0, 0.05) is 11.6 Å². The predicted octanol–water partition coefficient (Wildman–Crippen LogP) is 0.957. The van der Waals surface area contributed by atoms with E-state index in [0.717, 1.165) is 11.6 Å². The standard InChI is InChI=1S/C12H13NO4/c1-8-2-4-10(17-7-11(13)14)9(6-8)3-5-12(15)16/h2-6H,7H2,1H3,(H2,13,14)(H,15,16). The number of ether oxygens (including phenoxy) is 1.